The number of carbonyl (C=O) groups is 10. The molecule has 0 saturated carbocycles. The smallest absolute Gasteiger partial charge is 0.870 e. The molecule has 2 fully saturated rings. The fourth-order valence-corrected chi connectivity index (χ4v) is 11.2. The summed E-state index contributed by atoms with van der Waals surface area (Å²) in [5, 5.41) is 44.5. The largest absolute Gasteiger partial charge is 1.00 e. The van der Waals surface area contributed by atoms with Gasteiger partial charge in [0.05, 0.1) is 116 Å². The van der Waals surface area contributed by atoms with E-state index in [0.717, 1.165) is 75.5 Å². The number of aliphatic carboxylic acids is 1. The van der Waals surface area contributed by atoms with Gasteiger partial charge in [0.15, 0.2) is 29.5 Å². The Balaban J connectivity index is 0.000000680. The molecule has 654 valence electrons. The zero-order valence-electron chi connectivity index (χ0n) is 71.6. The molecule has 0 aliphatic carbocycles. The van der Waals surface area contributed by atoms with Gasteiger partial charge in [0.25, 0.3) is 0 Å². The summed E-state index contributed by atoms with van der Waals surface area (Å²) in [6.45, 7) is 19.7. The van der Waals surface area contributed by atoms with Gasteiger partial charge in [-0.2, -0.15) is 0 Å². The third kappa shape index (κ3) is 50.7. The van der Waals surface area contributed by atoms with Crippen LogP contribution in [0.4, 0.5) is 17.1 Å². The van der Waals surface area contributed by atoms with Crippen LogP contribution >= 0.6 is 11.6 Å². The third-order valence-electron chi connectivity index (χ3n) is 16.9. The van der Waals surface area contributed by atoms with Crippen molar-refractivity contribution in [3.63, 3.8) is 0 Å². The van der Waals surface area contributed by atoms with E-state index in [-0.39, 0.29) is 146 Å². The van der Waals surface area contributed by atoms with Gasteiger partial charge in [-0.25, -0.2) is 0 Å². The first-order chi connectivity index (χ1) is 56.7. The van der Waals surface area contributed by atoms with Crippen molar-refractivity contribution >= 4 is 92.8 Å². The first kappa shape index (κ1) is 109. The van der Waals surface area contributed by atoms with Crippen LogP contribution < -0.4 is 34.0 Å². The quantitative estimate of drug-likeness (QED) is 0.00865. The molecule has 0 spiro atoms. The van der Waals surface area contributed by atoms with Gasteiger partial charge in [-0.15, -0.1) is 0 Å². The summed E-state index contributed by atoms with van der Waals surface area (Å²) in [7, 11) is 2.68. The molecular formula is C92H120ClLiN4O23. The minimum absolute atomic E-state index is 0. The molecule has 12 rings (SSSR count). The second-order valence-corrected chi connectivity index (χ2v) is 29.1. The molecule has 121 heavy (non-hydrogen) atoms. The Bertz CT molecular complexity index is 4020. The Morgan fingerprint density at radius 2 is 0.893 bits per heavy atom. The van der Waals surface area contributed by atoms with Crippen molar-refractivity contribution in [1.82, 2.24) is 0 Å². The van der Waals surface area contributed by atoms with E-state index in [1.54, 1.807) is 25.7 Å². The molecule has 0 radical (unpaired) electrons. The number of anilines is 3. The Hall–Kier alpha value is -10.1. The molecule has 7 aromatic carbocycles. The van der Waals surface area contributed by atoms with Crippen LogP contribution in [0.1, 0.15) is 159 Å². The Labute approximate surface area is 728 Å². The predicted molar refractivity (Wildman–Crippen MR) is 457 cm³/mol. The number of nitrogens with zero attached hydrogens (tertiary/aromatic N) is 2. The number of esters is 3. The van der Waals surface area contributed by atoms with E-state index in [0.29, 0.717) is 77.4 Å². The molecule has 7 unspecified atom stereocenters. The molecule has 0 bridgehead atoms. The van der Waals surface area contributed by atoms with Crippen LogP contribution in [0.25, 0.3) is 0 Å². The summed E-state index contributed by atoms with van der Waals surface area (Å²) in [4.78, 5) is 113. The van der Waals surface area contributed by atoms with Crippen LogP contribution in [0.2, 0.25) is 0 Å². The minimum Gasteiger partial charge on any atom is -0.870 e. The van der Waals surface area contributed by atoms with Gasteiger partial charge < -0.3 is 78.9 Å². The van der Waals surface area contributed by atoms with Gasteiger partial charge in [-0.3, -0.25) is 53.4 Å². The zero-order chi connectivity index (χ0) is 88.0. The number of cyclic esters (lactones) is 1. The van der Waals surface area contributed by atoms with Gasteiger partial charge in [0.1, 0.15) is 12.7 Å². The zero-order valence-corrected chi connectivity index (χ0v) is 72.3. The van der Waals surface area contributed by atoms with E-state index < -0.39 is 24.5 Å². The van der Waals surface area contributed by atoms with Crippen molar-refractivity contribution in [2.75, 3.05) is 55.6 Å². The summed E-state index contributed by atoms with van der Waals surface area (Å²) >= 11 is 5.24. The number of amides is 2. The third-order valence-corrected chi connectivity index (χ3v) is 17.1. The predicted octanol–water partition coefficient (Wildman–Crippen LogP) is 10.7. The molecule has 5 aliphatic heterocycles. The standard InChI is InChI=1S/C14H17NO2.C13H15NO3.C12H16O3.C11H13ClO2.C11H14O3.C9H9NO.C9H11NO.C5H10O3.C4H6O2.C4H8O2.Li.H2O/c1-10(2)7-14(17)15-9-12(16)8-11-5-3-4-6-13(11)15;1-9(15)6-13(17)14-8-11(16)7-10-4-2-3-5-12(10)14;1-10(8-12(13)14-2)15-9-11-6-4-3-5-7-11;2*1-9(7-11(12)13)14-8-10-5-3-2-4-6-10;11-8-5-7-3-1-2-4-9(7)10-6-8;1-8(10)11-7-9-5-3-2-4-6-9;1-4(6)3-5(7)8-2;1-3-2-4(5)6-3;5-4-2-1-3-6-4;;/h3-6,10H,7-9H2,1-2H3;2-5,9,15H,6-8H2,1H3;3-7,10H,8-9H2,1-2H3;2-6,9H,7-8H2,1H3;2-6,9H,7-8H2,1H3,(H,12,13);1-4,10H,5-6H2;2-6,10H,7H2,1H3;4,6H,3H2,1-2H3;3H,2H2,1H3;4-5H,1-3H2;;1H2/q;;;;;;;;;;+1;/p-1. The molecule has 5 heterocycles. The fourth-order valence-electron chi connectivity index (χ4n) is 11.0. The van der Waals surface area contributed by atoms with Crippen molar-refractivity contribution in [1.29, 1.82) is 5.41 Å². The minimum atomic E-state index is -0.828. The number of aliphatic hydroxyl groups excluding tert-OH is 3. The van der Waals surface area contributed by atoms with E-state index in [2.05, 4.69) is 19.5 Å². The molecular weight excluding hydrogens is 1570 g/mol. The van der Waals surface area contributed by atoms with Crippen LogP contribution in [-0.4, -0.2) is 173 Å². The average Bonchev–Trinajstić information content (AvgIpc) is 1.07. The van der Waals surface area contributed by atoms with E-state index in [9.17, 15) is 53.1 Å². The number of nitrogens with one attached hydrogen (secondary N) is 2. The van der Waals surface area contributed by atoms with Crippen LogP contribution in [0.15, 0.2) is 194 Å². The fraction of sp³-hybridized carbons (Fsp3) is 0.424. The van der Waals surface area contributed by atoms with Crippen molar-refractivity contribution in [3.8, 4) is 0 Å². The molecule has 2 amide bonds. The SMILES string of the molecule is CC(=N)OCc1ccccc1.CC(C)CC(=O)N1CC(=O)Cc2ccccc21.CC(CC(=O)Cl)OCc1ccccc1.CC(CC(=O)O)OCc1ccccc1.CC(O)CC(=O)N1CC(=O)Cc2ccccc21.CC1CC(=O)O1.COC(=O)CC(C)O.COC(=O)CC(C)OCc1ccccc1.O=C1CNc2ccccc2C1.OC1CCCO1.[Li+].[OH-]. The Morgan fingerprint density at radius 3 is 1.23 bits per heavy atom. The summed E-state index contributed by atoms with van der Waals surface area (Å²) in [6, 6.07) is 62.2. The van der Waals surface area contributed by atoms with E-state index >= 15 is 0 Å². The number of halogens is 1. The van der Waals surface area contributed by atoms with Crippen molar-refractivity contribution < 1.29 is 131 Å². The summed E-state index contributed by atoms with van der Waals surface area (Å²) in [5.41, 5.74) is 10.1. The molecule has 5 aliphatic rings. The molecule has 2 saturated heterocycles. The number of carboxylic acids is 1. The van der Waals surface area contributed by atoms with Crippen LogP contribution in [0.5, 0.6) is 0 Å². The maximum Gasteiger partial charge on any atom is 1.00 e. The number of hydrogen-bond acceptors (Lipinski definition) is 24. The number of ketones is 3. The number of carbonyl (C=O) groups excluding carboxylic acids is 9. The van der Waals surface area contributed by atoms with Gasteiger partial charge in [-0.05, 0) is 123 Å². The number of para-hydroxylation sites is 3. The van der Waals surface area contributed by atoms with Crippen LogP contribution in [-0.2, 0) is 132 Å². The number of rotatable bonds is 23. The molecule has 0 aromatic heterocycles. The number of benzene rings is 7. The van der Waals surface area contributed by atoms with Crippen LogP contribution in [0.3, 0.4) is 0 Å². The summed E-state index contributed by atoms with van der Waals surface area (Å²) < 4.78 is 39.3. The second-order valence-electron chi connectivity index (χ2n) is 28.7. The van der Waals surface area contributed by atoms with Gasteiger partial charge >= 0.3 is 42.7 Å². The van der Waals surface area contributed by atoms with Crippen LogP contribution in [0, 0.1) is 11.3 Å². The van der Waals surface area contributed by atoms with Crippen molar-refractivity contribution in [2.24, 2.45) is 5.92 Å². The number of aliphatic hydroxyl groups is 3. The maximum atomic E-state index is 12.1. The number of hydrogen-bond donors (Lipinski definition) is 6. The average molecular weight is 1690 g/mol. The van der Waals surface area contributed by atoms with Gasteiger partial charge in [-0.1, -0.05) is 190 Å². The molecule has 7 atom stereocenters. The second kappa shape index (κ2) is 62.9. The Morgan fingerprint density at radius 1 is 0.521 bits per heavy atom. The first-order valence-electron chi connectivity index (χ1n) is 39.4. The monoisotopic (exact) mass is 1690 g/mol. The summed E-state index contributed by atoms with van der Waals surface area (Å²) in [5.74, 6) is -0.697. The number of carboxylic acid groups (broad SMARTS) is 1. The number of methoxy groups -OCH3 is 2. The molecule has 29 heteroatoms. The molecule has 27 nitrogen and oxygen atoms in total. The van der Waals surface area contributed by atoms with Gasteiger partial charge in [0, 0.05) is 69.1 Å². The number of fused-ring (bicyclic) bond motifs is 3. The number of Topliss-reactive ketones (excluding diaryl/α,β-unsaturated/α-hetero) is 3. The normalized spacial score (nSPS) is 15.2. The molecule has 7 N–H and O–H groups in total. The van der Waals surface area contributed by atoms with E-state index in [4.69, 9.17) is 56.0 Å². The number of ether oxygens (including phenoxy) is 8. The topological polar surface area (TPSA) is 398 Å². The Kier molecular flexibility index (Phi) is 56.6. The first-order valence-corrected chi connectivity index (χ1v) is 39.8. The van der Waals surface area contributed by atoms with Gasteiger partial charge in [0.2, 0.25) is 17.1 Å². The van der Waals surface area contributed by atoms with E-state index in [1.807, 2.05) is 229 Å². The van der Waals surface area contributed by atoms with E-state index in [1.165, 1.54) is 26.0 Å². The van der Waals surface area contributed by atoms with Crippen molar-refractivity contribution in [3.05, 3.63) is 233 Å². The molecule has 7 aromatic rings. The van der Waals surface area contributed by atoms with Crippen molar-refractivity contribution in [2.45, 2.75) is 209 Å². The maximum absolute atomic E-state index is 12.1. The summed E-state index contributed by atoms with van der Waals surface area (Å²) in [6.07, 6.45) is 3.05.